The topological polar surface area (TPSA) is 9.23 Å². The van der Waals surface area contributed by atoms with Crippen molar-refractivity contribution in [3.05, 3.63) is 25.2 Å². The van der Waals surface area contributed by atoms with Gasteiger partial charge in [-0.05, 0) is 0 Å². The van der Waals surface area contributed by atoms with Crippen LogP contribution in [0.4, 0.5) is 0 Å². The van der Waals surface area contributed by atoms with Gasteiger partial charge in [-0.1, -0.05) is 13.2 Å². The highest BCUT2D eigenvalue weighted by Crippen LogP contribution is 1.87. The summed E-state index contributed by atoms with van der Waals surface area (Å²) in [6, 6.07) is 0. The van der Waals surface area contributed by atoms with Gasteiger partial charge in [0, 0.05) is 5.80 Å². The highest BCUT2D eigenvalue weighted by Gasteiger charge is 1.75. The third-order valence-electron chi connectivity index (χ3n) is 0.396. The third kappa shape index (κ3) is 3.28. The van der Waals surface area contributed by atoms with Gasteiger partial charge in [0.1, 0.15) is 5.76 Å². The number of rotatable bonds is 3. The number of ether oxygens (including phenoxy) is 1. The Morgan fingerprint density at radius 3 is 2.43 bits per heavy atom. The summed E-state index contributed by atoms with van der Waals surface area (Å²) >= 11 is 0. The molecular formula is C5H7OP. The average molecular weight is 114 g/mol. The fraction of sp³-hybridized carbons (Fsp3) is 0. The summed E-state index contributed by atoms with van der Waals surface area (Å²) in [4.78, 5) is 0. The first kappa shape index (κ1) is 6.45. The number of hydrogen-bond acceptors (Lipinski definition) is 1. The molecule has 0 saturated heterocycles. The Bertz CT molecular complexity index is 96.3. The van der Waals surface area contributed by atoms with Crippen LogP contribution in [0.2, 0.25) is 0 Å². The Hall–Kier alpha value is -0.550. The maximum Gasteiger partial charge on any atom is 0.123 e. The standard InChI is InChI=1S/C5H7OP/c1-3-6-5(2)4-7/h3-4,7H,1-2H2. The molecule has 0 aliphatic heterocycles. The van der Waals surface area contributed by atoms with E-state index < -0.39 is 0 Å². The minimum Gasteiger partial charge on any atom is -0.466 e. The van der Waals surface area contributed by atoms with Gasteiger partial charge in [-0.15, -0.1) is 8.86 Å². The lowest BCUT2D eigenvalue weighted by atomic mass is 10.7. The molecule has 0 rings (SSSR count). The quantitative estimate of drug-likeness (QED) is 0.400. The van der Waals surface area contributed by atoms with Crippen LogP contribution in [-0.4, -0.2) is 5.80 Å². The summed E-state index contributed by atoms with van der Waals surface area (Å²) in [5, 5.41) is 0. The second-order valence-electron chi connectivity index (χ2n) is 0.895. The van der Waals surface area contributed by atoms with Gasteiger partial charge in [-0.25, -0.2) is 0 Å². The molecule has 0 N–H and O–H groups in total. The predicted molar refractivity (Wildman–Crippen MR) is 34.8 cm³/mol. The molecule has 0 saturated carbocycles. The Balaban J connectivity index is 3.36. The van der Waals surface area contributed by atoms with Gasteiger partial charge in [-0.2, -0.15) is 0 Å². The van der Waals surface area contributed by atoms with Gasteiger partial charge < -0.3 is 4.74 Å². The molecule has 0 atom stereocenters. The molecule has 0 heterocycles. The van der Waals surface area contributed by atoms with E-state index in [4.69, 9.17) is 0 Å². The van der Waals surface area contributed by atoms with E-state index in [1.807, 2.05) is 0 Å². The summed E-state index contributed by atoms with van der Waals surface area (Å²) in [5.74, 6) is 2.12. The minimum absolute atomic E-state index is 0.548. The highest BCUT2D eigenvalue weighted by molar-refractivity contribution is 7.19. The van der Waals surface area contributed by atoms with Gasteiger partial charge in [0.15, 0.2) is 0 Å². The SMILES string of the molecule is C=COC(=C)C=P. The smallest absolute Gasteiger partial charge is 0.123 e. The van der Waals surface area contributed by atoms with Crippen molar-refractivity contribution in [2.75, 3.05) is 0 Å². The van der Waals surface area contributed by atoms with E-state index in [2.05, 4.69) is 26.8 Å². The van der Waals surface area contributed by atoms with E-state index in [1.165, 1.54) is 6.26 Å². The molecule has 0 aromatic heterocycles. The van der Waals surface area contributed by atoms with Crippen molar-refractivity contribution in [1.82, 2.24) is 0 Å². The molecule has 0 spiro atoms. The monoisotopic (exact) mass is 114 g/mol. The van der Waals surface area contributed by atoms with Crippen LogP contribution in [0.5, 0.6) is 0 Å². The van der Waals surface area contributed by atoms with E-state index in [0.717, 1.165) is 0 Å². The lowest BCUT2D eigenvalue weighted by Crippen LogP contribution is -1.77. The zero-order valence-corrected chi connectivity index (χ0v) is 4.98. The molecule has 0 aliphatic carbocycles. The van der Waals surface area contributed by atoms with Crippen molar-refractivity contribution in [2.45, 2.75) is 0 Å². The van der Waals surface area contributed by atoms with Crippen LogP contribution in [0.1, 0.15) is 0 Å². The van der Waals surface area contributed by atoms with Gasteiger partial charge in [-0.3, -0.25) is 0 Å². The Morgan fingerprint density at radius 2 is 2.29 bits per heavy atom. The maximum absolute atomic E-state index is 4.66. The Labute approximate surface area is 45.5 Å². The van der Waals surface area contributed by atoms with E-state index in [1.54, 1.807) is 5.80 Å². The van der Waals surface area contributed by atoms with E-state index in [9.17, 15) is 0 Å². The normalized spacial score (nSPS) is 6.86. The van der Waals surface area contributed by atoms with Crippen LogP contribution in [0.3, 0.4) is 0 Å². The molecular weight excluding hydrogens is 107 g/mol. The fourth-order valence-electron chi connectivity index (χ4n) is 0.141. The van der Waals surface area contributed by atoms with Crippen molar-refractivity contribution in [3.63, 3.8) is 0 Å². The predicted octanol–water partition coefficient (Wildman–Crippen LogP) is 1.61. The Morgan fingerprint density at radius 1 is 1.71 bits per heavy atom. The first-order valence-corrected chi connectivity index (χ1v) is 2.36. The zero-order valence-electron chi connectivity index (χ0n) is 3.98. The van der Waals surface area contributed by atoms with Gasteiger partial charge in [0.2, 0.25) is 0 Å². The largest absolute Gasteiger partial charge is 0.466 e. The van der Waals surface area contributed by atoms with Crippen LogP contribution >= 0.6 is 8.86 Å². The van der Waals surface area contributed by atoms with Gasteiger partial charge in [0.05, 0.1) is 6.26 Å². The molecule has 0 aliphatic rings. The van der Waals surface area contributed by atoms with Crippen LogP contribution in [0, 0.1) is 0 Å². The molecule has 38 valence electrons. The second-order valence-corrected chi connectivity index (χ2v) is 1.18. The van der Waals surface area contributed by atoms with Crippen molar-refractivity contribution in [2.24, 2.45) is 0 Å². The minimum atomic E-state index is 0.548. The highest BCUT2D eigenvalue weighted by atomic mass is 31.0. The molecule has 2 heteroatoms. The molecule has 1 nitrogen and oxygen atoms in total. The molecule has 0 aromatic rings. The van der Waals surface area contributed by atoms with Crippen LogP contribution in [0.25, 0.3) is 0 Å². The second kappa shape index (κ2) is 3.63. The summed E-state index contributed by atoms with van der Waals surface area (Å²) in [5.41, 5.74) is 0. The van der Waals surface area contributed by atoms with Gasteiger partial charge >= 0.3 is 0 Å². The van der Waals surface area contributed by atoms with Crippen molar-refractivity contribution >= 4 is 14.7 Å². The lowest BCUT2D eigenvalue weighted by molar-refractivity contribution is 0.385. The van der Waals surface area contributed by atoms with Crippen LogP contribution in [-0.2, 0) is 4.74 Å². The van der Waals surface area contributed by atoms with Crippen molar-refractivity contribution < 1.29 is 4.74 Å². The maximum atomic E-state index is 4.66. The van der Waals surface area contributed by atoms with Crippen LogP contribution in [0.15, 0.2) is 25.2 Å². The number of hydrogen-bond donors (Lipinski definition) is 0. The summed E-state index contributed by atoms with van der Waals surface area (Å²) in [6.45, 7) is 6.79. The van der Waals surface area contributed by atoms with Crippen molar-refractivity contribution in [1.29, 1.82) is 0 Å². The summed E-state index contributed by atoms with van der Waals surface area (Å²) < 4.78 is 4.66. The molecule has 0 amide bonds. The van der Waals surface area contributed by atoms with Crippen LogP contribution < -0.4 is 0 Å². The van der Waals surface area contributed by atoms with Gasteiger partial charge in [0.25, 0.3) is 0 Å². The number of allylic oxidation sites excluding steroid dienone is 1. The first-order valence-electron chi connectivity index (χ1n) is 1.78. The molecule has 0 unspecified atom stereocenters. The summed E-state index contributed by atoms with van der Waals surface area (Å²) in [6.07, 6.45) is 1.32. The molecule has 0 bridgehead atoms. The molecule has 0 aromatic carbocycles. The molecule has 0 fully saturated rings. The lowest BCUT2D eigenvalue weighted by Gasteiger charge is -1.91. The fourth-order valence-corrected chi connectivity index (χ4v) is 0.209. The van der Waals surface area contributed by atoms with E-state index >= 15 is 0 Å². The Kier molecular flexibility index (Phi) is 3.35. The zero-order chi connectivity index (χ0) is 5.70. The molecule has 7 heavy (non-hydrogen) atoms. The van der Waals surface area contributed by atoms with E-state index in [-0.39, 0.29) is 0 Å². The average Bonchev–Trinajstić information content (AvgIpc) is 1.68. The summed E-state index contributed by atoms with van der Waals surface area (Å²) in [7, 11) is 3.06. The van der Waals surface area contributed by atoms with E-state index in [0.29, 0.717) is 5.76 Å². The third-order valence-corrected chi connectivity index (χ3v) is 0.718. The first-order chi connectivity index (χ1) is 3.31. The molecule has 0 radical (unpaired) electrons. The van der Waals surface area contributed by atoms with Crippen molar-refractivity contribution in [3.8, 4) is 0 Å².